The number of aromatic nitrogens is 2. The molecule has 27 heavy (non-hydrogen) atoms. The number of primary amides is 1. The molecule has 0 atom stereocenters. The van der Waals surface area contributed by atoms with Crippen LogP contribution in [0.1, 0.15) is 16.1 Å². The Balaban J connectivity index is 2.36. The van der Waals surface area contributed by atoms with Crippen LogP contribution in [0.4, 0.5) is 22.0 Å². The number of aryl methyl sites for hydroxylation is 1. The molecule has 0 bridgehead atoms. The average Bonchev–Trinajstić information content (AvgIpc) is 2.95. The normalized spacial score (nSPS) is 11.6. The van der Waals surface area contributed by atoms with Crippen molar-refractivity contribution in [3.63, 3.8) is 0 Å². The maximum Gasteiger partial charge on any atom is 0.435 e. The number of alkyl halides is 3. The molecule has 9 heteroatoms. The molecule has 2 N–H and O–H groups in total. The Morgan fingerprint density at radius 2 is 1.67 bits per heavy atom. The number of nitrogens with zero attached hydrogens (tertiary/aromatic N) is 2. The van der Waals surface area contributed by atoms with Crippen LogP contribution in [0.3, 0.4) is 0 Å². The van der Waals surface area contributed by atoms with Gasteiger partial charge >= 0.3 is 6.18 Å². The third-order valence-electron chi connectivity index (χ3n) is 3.96. The van der Waals surface area contributed by atoms with E-state index in [4.69, 9.17) is 5.73 Å². The molecule has 3 rings (SSSR count). The smallest absolute Gasteiger partial charge is 0.365 e. The maximum absolute atomic E-state index is 14.2. The molecule has 0 radical (unpaired) electrons. The second-order valence-electron chi connectivity index (χ2n) is 5.73. The molecule has 0 fully saturated rings. The van der Waals surface area contributed by atoms with Crippen molar-refractivity contribution in [2.45, 2.75) is 6.18 Å². The molecule has 0 aliphatic heterocycles. The first kappa shape index (κ1) is 18.6. The van der Waals surface area contributed by atoms with E-state index in [0.29, 0.717) is 0 Å². The summed E-state index contributed by atoms with van der Waals surface area (Å²) in [6, 6.07) is 8.51. The van der Waals surface area contributed by atoms with E-state index in [1.54, 1.807) is 0 Å². The fourth-order valence-electron chi connectivity index (χ4n) is 2.89. The van der Waals surface area contributed by atoms with Crippen LogP contribution in [-0.2, 0) is 13.2 Å². The van der Waals surface area contributed by atoms with Gasteiger partial charge < -0.3 is 5.73 Å². The van der Waals surface area contributed by atoms with Crippen LogP contribution in [0.15, 0.2) is 42.5 Å². The Morgan fingerprint density at radius 1 is 1.04 bits per heavy atom. The summed E-state index contributed by atoms with van der Waals surface area (Å²) in [5, 5.41) is 3.38. The molecule has 140 valence electrons. The molecule has 0 saturated heterocycles. The molecule has 0 unspecified atom stereocenters. The second kappa shape index (κ2) is 6.49. The van der Waals surface area contributed by atoms with Gasteiger partial charge in [0.2, 0.25) is 0 Å². The van der Waals surface area contributed by atoms with Gasteiger partial charge in [-0.2, -0.15) is 18.3 Å². The molecule has 2 aromatic carbocycles. The molecule has 1 amide bonds. The molecule has 0 aliphatic carbocycles. The number of hydrogen-bond donors (Lipinski definition) is 1. The standard InChI is InChI=1S/C18H12F5N3O/c1-26-15(14(17(24)27)16(25-26)18(21,22)23)11-5-3-2-4-10(11)12-8-9(19)6-7-13(12)20/h2-8H,1H3,(H2,24,27). The summed E-state index contributed by atoms with van der Waals surface area (Å²) < 4.78 is 68.5. The summed E-state index contributed by atoms with van der Waals surface area (Å²) in [6.45, 7) is 0. The van der Waals surface area contributed by atoms with Crippen molar-refractivity contribution in [3.05, 3.63) is 65.4 Å². The van der Waals surface area contributed by atoms with Crippen molar-refractivity contribution >= 4 is 5.91 Å². The predicted octanol–water partition coefficient (Wildman–Crippen LogP) is 4.15. The third-order valence-corrected chi connectivity index (χ3v) is 3.96. The maximum atomic E-state index is 14.2. The lowest BCUT2D eigenvalue weighted by molar-refractivity contribution is -0.141. The van der Waals surface area contributed by atoms with Gasteiger partial charge in [-0.15, -0.1) is 0 Å². The zero-order valence-electron chi connectivity index (χ0n) is 13.8. The molecule has 3 aromatic rings. The fraction of sp³-hybridized carbons (Fsp3) is 0.111. The van der Waals surface area contributed by atoms with Crippen LogP contribution in [-0.4, -0.2) is 15.7 Å². The van der Waals surface area contributed by atoms with Gasteiger partial charge in [0.15, 0.2) is 5.69 Å². The Morgan fingerprint density at radius 3 is 2.26 bits per heavy atom. The van der Waals surface area contributed by atoms with Crippen LogP contribution < -0.4 is 5.73 Å². The minimum Gasteiger partial charge on any atom is -0.365 e. The van der Waals surface area contributed by atoms with Gasteiger partial charge in [0.1, 0.15) is 11.6 Å². The number of benzene rings is 2. The van der Waals surface area contributed by atoms with Crippen LogP contribution in [0.25, 0.3) is 22.4 Å². The summed E-state index contributed by atoms with van der Waals surface area (Å²) in [5.41, 5.74) is 2.63. The van der Waals surface area contributed by atoms with Crippen molar-refractivity contribution < 1.29 is 26.7 Å². The topological polar surface area (TPSA) is 60.9 Å². The predicted molar refractivity (Wildman–Crippen MR) is 87.5 cm³/mol. The number of carbonyl (C=O) groups excluding carboxylic acids is 1. The molecule has 1 aromatic heterocycles. The fourth-order valence-corrected chi connectivity index (χ4v) is 2.89. The zero-order chi connectivity index (χ0) is 19.9. The summed E-state index contributed by atoms with van der Waals surface area (Å²) in [4.78, 5) is 11.8. The lowest BCUT2D eigenvalue weighted by Crippen LogP contribution is -2.18. The molecule has 0 spiro atoms. The van der Waals surface area contributed by atoms with E-state index < -0.39 is 35.0 Å². The van der Waals surface area contributed by atoms with Crippen molar-refractivity contribution in [1.29, 1.82) is 0 Å². The number of halogens is 5. The first-order chi connectivity index (χ1) is 12.6. The number of carbonyl (C=O) groups is 1. The monoisotopic (exact) mass is 381 g/mol. The molecular weight excluding hydrogens is 369 g/mol. The SMILES string of the molecule is Cn1nc(C(F)(F)F)c(C(N)=O)c1-c1ccccc1-c1cc(F)ccc1F. The van der Waals surface area contributed by atoms with Gasteiger partial charge in [-0.05, 0) is 23.8 Å². The first-order valence-corrected chi connectivity index (χ1v) is 7.60. The minimum atomic E-state index is -4.92. The minimum absolute atomic E-state index is 0.0568. The van der Waals surface area contributed by atoms with E-state index in [1.165, 1.54) is 31.3 Å². The van der Waals surface area contributed by atoms with Gasteiger partial charge in [0.25, 0.3) is 5.91 Å². The largest absolute Gasteiger partial charge is 0.435 e. The zero-order valence-corrected chi connectivity index (χ0v) is 13.8. The van der Waals surface area contributed by atoms with E-state index in [1.807, 2.05) is 0 Å². The first-order valence-electron chi connectivity index (χ1n) is 7.60. The number of nitrogens with two attached hydrogens (primary N) is 1. The van der Waals surface area contributed by atoms with Gasteiger partial charge in [0, 0.05) is 18.2 Å². The van der Waals surface area contributed by atoms with Crippen molar-refractivity contribution in [2.75, 3.05) is 0 Å². The molecule has 1 heterocycles. The highest BCUT2D eigenvalue weighted by Crippen LogP contribution is 2.40. The average molecular weight is 381 g/mol. The Bertz CT molecular complexity index is 1040. The molecule has 0 saturated carbocycles. The van der Waals surface area contributed by atoms with Gasteiger partial charge in [-0.3, -0.25) is 9.48 Å². The van der Waals surface area contributed by atoms with Crippen LogP contribution in [0.2, 0.25) is 0 Å². The van der Waals surface area contributed by atoms with E-state index in [2.05, 4.69) is 5.10 Å². The molecular formula is C18H12F5N3O. The van der Waals surface area contributed by atoms with Crippen LogP contribution in [0.5, 0.6) is 0 Å². The lowest BCUT2D eigenvalue weighted by atomic mass is 9.94. The quantitative estimate of drug-likeness (QED) is 0.693. The highest BCUT2D eigenvalue weighted by Gasteiger charge is 2.41. The van der Waals surface area contributed by atoms with Gasteiger partial charge in [-0.25, -0.2) is 8.78 Å². The van der Waals surface area contributed by atoms with E-state index in [-0.39, 0.29) is 22.4 Å². The number of rotatable bonds is 3. The highest BCUT2D eigenvalue weighted by molar-refractivity contribution is 6.02. The molecule has 0 aliphatic rings. The summed E-state index contributed by atoms with van der Waals surface area (Å²) >= 11 is 0. The Labute approximate surface area is 150 Å². The van der Waals surface area contributed by atoms with Gasteiger partial charge in [-0.1, -0.05) is 24.3 Å². The molecule has 4 nitrogen and oxygen atoms in total. The van der Waals surface area contributed by atoms with Gasteiger partial charge in [0.05, 0.1) is 11.3 Å². The third kappa shape index (κ3) is 3.27. The summed E-state index contributed by atoms with van der Waals surface area (Å²) in [7, 11) is 1.20. The van der Waals surface area contributed by atoms with Crippen molar-refractivity contribution in [2.24, 2.45) is 12.8 Å². The van der Waals surface area contributed by atoms with Crippen molar-refractivity contribution in [1.82, 2.24) is 9.78 Å². The van der Waals surface area contributed by atoms with E-state index >= 15 is 0 Å². The summed E-state index contributed by atoms with van der Waals surface area (Å²) in [5.74, 6) is -2.83. The van der Waals surface area contributed by atoms with Crippen LogP contribution >= 0.6 is 0 Å². The lowest BCUT2D eigenvalue weighted by Gasteiger charge is -2.12. The number of hydrogen-bond acceptors (Lipinski definition) is 2. The Hall–Kier alpha value is -3.23. The van der Waals surface area contributed by atoms with Crippen LogP contribution in [0, 0.1) is 11.6 Å². The highest BCUT2D eigenvalue weighted by atomic mass is 19.4. The number of amides is 1. The van der Waals surface area contributed by atoms with E-state index in [9.17, 15) is 26.7 Å². The summed E-state index contributed by atoms with van der Waals surface area (Å²) in [6.07, 6.45) is -4.92. The Kier molecular flexibility index (Phi) is 4.46. The van der Waals surface area contributed by atoms with E-state index in [0.717, 1.165) is 22.9 Å². The van der Waals surface area contributed by atoms with Crippen molar-refractivity contribution in [3.8, 4) is 22.4 Å². The second-order valence-corrected chi connectivity index (χ2v) is 5.73.